The molecule has 0 amide bonds. The van der Waals surface area contributed by atoms with Crippen molar-refractivity contribution >= 4 is 11.9 Å². The van der Waals surface area contributed by atoms with E-state index in [0.29, 0.717) is 6.42 Å². The van der Waals surface area contributed by atoms with E-state index in [4.69, 9.17) is 5.73 Å². The summed E-state index contributed by atoms with van der Waals surface area (Å²) in [6.45, 7) is 0. The monoisotopic (exact) mass is 187 g/mol. The molecule has 0 aromatic carbocycles. The van der Waals surface area contributed by atoms with Gasteiger partial charge in [0.25, 0.3) is 0 Å². The molecule has 0 aliphatic heterocycles. The van der Waals surface area contributed by atoms with Gasteiger partial charge < -0.3 is 15.2 Å². The second-order valence-corrected chi connectivity index (χ2v) is 3.08. The van der Waals surface area contributed by atoms with Crippen molar-refractivity contribution in [2.24, 2.45) is 17.6 Å². The van der Waals surface area contributed by atoms with Gasteiger partial charge in [-0.15, -0.1) is 0 Å². The highest BCUT2D eigenvalue weighted by molar-refractivity contribution is 5.81. The molecule has 74 valence electrons. The molecule has 13 heavy (non-hydrogen) atoms. The molecule has 3 unspecified atom stereocenters. The molecule has 1 aliphatic rings. The van der Waals surface area contributed by atoms with Crippen LogP contribution in [-0.2, 0) is 19.1 Å². The van der Waals surface area contributed by atoms with Gasteiger partial charge in [-0.05, 0) is 12.3 Å². The van der Waals surface area contributed by atoms with Crippen LogP contribution in [0.15, 0.2) is 0 Å². The lowest BCUT2D eigenvalue weighted by molar-refractivity contribution is -0.144. The first-order valence-corrected chi connectivity index (χ1v) is 4.03. The SMILES string of the molecule is COC(=O)C(N)C1CC1C(=O)OC. The molecule has 0 aromatic heterocycles. The van der Waals surface area contributed by atoms with E-state index in [0.717, 1.165) is 0 Å². The predicted molar refractivity (Wildman–Crippen MR) is 43.6 cm³/mol. The third-order valence-corrected chi connectivity index (χ3v) is 2.28. The van der Waals surface area contributed by atoms with E-state index in [1.807, 2.05) is 0 Å². The molecule has 0 aromatic rings. The van der Waals surface area contributed by atoms with Gasteiger partial charge in [0.05, 0.1) is 20.1 Å². The molecular weight excluding hydrogens is 174 g/mol. The number of carbonyl (C=O) groups is 2. The molecule has 1 rings (SSSR count). The molecule has 3 atom stereocenters. The highest BCUT2D eigenvalue weighted by Crippen LogP contribution is 2.41. The summed E-state index contributed by atoms with van der Waals surface area (Å²) in [4.78, 5) is 21.9. The van der Waals surface area contributed by atoms with Crippen LogP contribution < -0.4 is 5.73 Å². The van der Waals surface area contributed by atoms with Gasteiger partial charge in [-0.25, -0.2) is 0 Å². The quantitative estimate of drug-likeness (QED) is 0.591. The van der Waals surface area contributed by atoms with Crippen LogP contribution in [0.1, 0.15) is 6.42 Å². The molecule has 1 aliphatic carbocycles. The Kier molecular flexibility index (Phi) is 2.87. The Morgan fingerprint density at radius 1 is 1.38 bits per heavy atom. The average molecular weight is 187 g/mol. The number of carbonyl (C=O) groups excluding carboxylic acids is 2. The number of nitrogens with two attached hydrogens (primary N) is 1. The topological polar surface area (TPSA) is 78.6 Å². The van der Waals surface area contributed by atoms with Gasteiger partial charge in [-0.2, -0.15) is 0 Å². The Bertz CT molecular complexity index is 228. The van der Waals surface area contributed by atoms with Crippen LogP contribution in [0.25, 0.3) is 0 Å². The van der Waals surface area contributed by atoms with Crippen LogP contribution in [0.5, 0.6) is 0 Å². The maximum Gasteiger partial charge on any atom is 0.322 e. The van der Waals surface area contributed by atoms with Crippen molar-refractivity contribution in [1.82, 2.24) is 0 Å². The summed E-state index contributed by atoms with van der Waals surface area (Å²) in [7, 11) is 2.60. The van der Waals surface area contributed by atoms with E-state index in [-0.39, 0.29) is 17.8 Å². The Hall–Kier alpha value is -1.10. The van der Waals surface area contributed by atoms with Crippen LogP contribution in [0.3, 0.4) is 0 Å². The van der Waals surface area contributed by atoms with Crippen LogP contribution in [0.4, 0.5) is 0 Å². The van der Waals surface area contributed by atoms with Gasteiger partial charge in [-0.3, -0.25) is 9.59 Å². The van der Waals surface area contributed by atoms with E-state index in [2.05, 4.69) is 9.47 Å². The van der Waals surface area contributed by atoms with Crippen LogP contribution >= 0.6 is 0 Å². The average Bonchev–Trinajstić information content (AvgIpc) is 2.93. The standard InChI is InChI=1S/C8H13NO4/c1-12-7(10)5-3-4(5)6(9)8(11)13-2/h4-6H,3,9H2,1-2H3. The lowest BCUT2D eigenvalue weighted by atomic mass is 10.1. The van der Waals surface area contributed by atoms with Gasteiger partial charge in [0.2, 0.25) is 0 Å². The van der Waals surface area contributed by atoms with Crippen LogP contribution in [0, 0.1) is 11.8 Å². The number of methoxy groups -OCH3 is 2. The number of hydrogen-bond acceptors (Lipinski definition) is 5. The van der Waals surface area contributed by atoms with E-state index in [1.54, 1.807) is 0 Å². The van der Waals surface area contributed by atoms with Crippen molar-refractivity contribution in [2.75, 3.05) is 14.2 Å². The number of rotatable bonds is 3. The number of ether oxygens (including phenoxy) is 2. The molecule has 0 spiro atoms. The summed E-state index contributed by atoms with van der Waals surface area (Å²) < 4.78 is 8.98. The highest BCUT2D eigenvalue weighted by atomic mass is 16.5. The van der Waals surface area contributed by atoms with Gasteiger partial charge in [0.15, 0.2) is 0 Å². The molecule has 0 radical (unpaired) electrons. The summed E-state index contributed by atoms with van der Waals surface area (Å²) in [6.07, 6.45) is 0.614. The van der Waals surface area contributed by atoms with E-state index in [9.17, 15) is 9.59 Å². The molecule has 0 saturated heterocycles. The Balaban J connectivity index is 2.42. The van der Waals surface area contributed by atoms with Gasteiger partial charge in [-0.1, -0.05) is 0 Å². The lowest BCUT2D eigenvalue weighted by Crippen LogP contribution is -2.34. The van der Waals surface area contributed by atoms with Crippen molar-refractivity contribution in [3.63, 3.8) is 0 Å². The van der Waals surface area contributed by atoms with Gasteiger partial charge in [0.1, 0.15) is 6.04 Å². The molecular formula is C8H13NO4. The normalized spacial score (nSPS) is 27.6. The molecule has 2 N–H and O–H groups in total. The zero-order valence-corrected chi connectivity index (χ0v) is 7.65. The van der Waals surface area contributed by atoms with Crippen molar-refractivity contribution < 1.29 is 19.1 Å². The van der Waals surface area contributed by atoms with E-state index in [1.165, 1.54) is 14.2 Å². The zero-order valence-electron chi connectivity index (χ0n) is 7.65. The van der Waals surface area contributed by atoms with E-state index < -0.39 is 12.0 Å². The summed E-state index contributed by atoms with van der Waals surface area (Å²) in [5.74, 6) is -1.11. The van der Waals surface area contributed by atoms with Crippen molar-refractivity contribution in [1.29, 1.82) is 0 Å². The summed E-state index contributed by atoms with van der Waals surface area (Å²) in [5.41, 5.74) is 5.53. The fraction of sp³-hybridized carbons (Fsp3) is 0.750. The van der Waals surface area contributed by atoms with Crippen molar-refractivity contribution in [3.05, 3.63) is 0 Å². The number of esters is 2. The minimum atomic E-state index is -0.700. The summed E-state index contributed by atoms with van der Waals surface area (Å²) in [6, 6.07) is -0.700. The van der Waals surface area contributed by atoms with Gasteiger partial charge >= 0.3 is 11.9 Å². The number of hydrogen-bond donors (Lipinski definition) is 1. The first kappa shape index (κ1) is 9.98. The maximum atomic E-state index is 11.0. The van der Waals surface area contributed by atoms with Crippen LogP contribution in [0.2, 0.25) is 0 Å². The van der Waals surface area contributed by atoms with E-state index >= 15 is 0 Å². The van der Waals surface area contributed by atoms with Gasteiger partial charge in [0, 0.05) is 0 Å². The fourth-order valence-corrected chi connectivity index (χ4v) is 1.34. The Morgan fingerprint density at radius 2 is 2.00 bits per heavy atom. The second-order valence-electron chi connectivity index (χ2n) is 3.08. The second kappa shape index (κ2) is 3.74. The smallest absolute Gasteiger partial charge is 0.322 e. The first-order valence-electron chi connectivity index (χ1n) is 4.03. The summed E-state index contributed by atoms with van der Waals surface area (Å²) in [5, 5.41) is 0. The molecule has 0 heterocycles. The van der Waals surface area contributed by atoms with Crippen LogP contribution in [-0.4, -0.2) is 32.2 Å². The maximum absolute atomic E-state index is 11.0. The minimum Gasteiger partial charge on any atom is -0.469 e. The highest BCUT2D eigenvalue weighted by Gasteiger charge is 2.50. The molecule has 5 heteroatoms. The third kappa shape index (κ3) is 1.98. The predicted octanol–water partition coefficient (Wildman–Crippen LogP) is -0.704. The minimum absolute atomic E-state index is 0.111. The lowest BCUT2D eigenvalue weighted by Gasteiger charge is -2.07. The molecule has 0 bridgehead atoms. The Labute approximate surface area is 76.2 Å². The Morgan fingerprint density at radius 3 is 2.46 bits per heavy atom. The fourth-order valence-electron chi connectivity index (χ4n) is 1.34. The summed E-state index contributed by atoms with van der Waals surface area (Å²) >= 11 is 0. The molecule has 5 nitrogen and oxygen atoms in total. The first-order chi connectivity index (χ1) is 6.11. The molecule has 1 fully saturated rings. The third-order valence-electron chi connectivity index (χ3n) is 2.28. The molecule has 1 saturated carbocycles. The van der Waals surface area contributed by atoms with Crippen molar-refractivity contribution in [3.8, 4) is 0 Å². The van der Waals surface area contributed by atoms with Crippen molar-refractivity contribution in [2.45, 2.75) is 12.5 Å². The zero-order chi connectivity index (χ0) is 10.0. The largest absolute Gasteiger partial charge is 0.469 e.